The summed E-state index contributed by atoms with van der Waals surface area (Å²) in [4.78, 5) is 28.9. The first-order valence-electron chi connectivity index (χ1n) is 5.60. The lowest BCUT2D eigenvalue weighted by Gasteiger charge is -2.34. The van der Waals surface area contributed by atoms with Crippen LogP contribution in [0.15, 0.2) is 24.5 Å². The molecule has 1 aliphatic heterocycles. The molecule has 1 fully saturated rings. The molecule has 2 heterocycles. The Balaban J connectivity index is 2.15. The van der Waals surface area contributed by atoms with Crippen molar-refractivity contribution in [3.8, 4) is 0 Å². The highest BCUT2D eigenvalue weighted by Crippen LogP contribution is 2.16. The van der Waals surface area contributed by atoms with Gasteiger partial charge in [-0.15, -0.1) is 0 Å². The van der Waals surface area contributed by atoms with E-state index in [4.69, 9.17) is 0 Å². The molecule has 2 rings (SSSR count). The van der Waals surface area contributed by atoms with E-state index in [2.05, 4.69) is 10.3 Å². The van der Waals surface area contributed by atoms with Crippen molar-refractivity contribution in [2.75, 3.05) is 0 Å². The van der Waals surface area contributed by atoms with E-state index in [1.165, 1.54) is 4.90 Å². The fraction of sp³-hybridized carbons (Fsp3) is 0.417. The van der Waals surface area contributed by atoms with E-state index in [0.29, 0.717) is 6.54 Å². The smallest absolute Gasteiger partial charge is 0.324 e. The van der Waals surface area contributed by atoms with Gasteiger partial charge in [-0.2, -0.15) is 0 Å². The number of rotatable bonds is 2. The maximum atomic E-state index is 12.0. The number of amides is 3. The predicted octanol–water partition coefficient (Wildman–Crippen LogP) is 1.16. The molecule has 1 saturated heterocycles. The summed E-state index contributed by atoms with van der Waals surface area (Å²) in [6.45, 7) is 3.96. The number of nitrogens with one attached hydrogen (secondary N) is 1. The van der Waals surface area contributed by atoms with Gasteiger partial charge >= 0.3 is 6.03 Å². The van der Waals surface area contributed by atoms with Gasteiger partial charge in [0.05, 0.1) is 12.5 Å². The van der Waals surface area contributed by atoms with E-state index in [9.17, 15) is 9.59 Å². The molecule has 0 radical (unpaired) electrons. The lowest BCUT2D eigenvalue weighted by atomic mass is 9.99. The summed E-state index contributed by atoms with van der Waals surface area (Å²) in [5.74, 6) is -0.312. The monoisotopic (exact) mass is 233 g/mol. The Morgan fingerprint density at radius 1 is 1.29 bits per heavy atom. The lowest BCUT2D eigenvalue weighted by molar-refractivity contribution is -0.134. The molecule has 1 N–H and O–H groups in total. The largest absolute Gasteiger partial charge is 0.334 e. The molecule has 1 aromatic rings. The summed E-state index contributed by atoms with van der Waals surface area (Å²) in [7, 11) is 0. The number of pyridine rings is 1. The molecule has 3 amide bonds. The Morgan fingerprint density at radius 3 is 2.59 bits per heavy atom. The minimum absolute atomic E-state index is 0.108. The average Bonchev–Trinajstić information content (AvgIpc) is 2.33. The fourth-order valence-electron chi connectivity index (χ4n) is 1.78. The Bertz CT molecular complexity index is 433. The highest BCUT2D eigenvalue weighted by atomic mass is 16.2. The van der Waals surface area contributed by atoms with Crippen molar-refractivity contribution in [3.05, 3.63) is 30.1 Å². The maximum Gasteiger partial charge on any atom is 0.324 e. The molecule has 0 spiro atoms. The molecule has 2 atom stereocenters. The summed E-state index contributed by atoms with van der Waals surface area (Å²) < 4.78 is 0. The van der Waals surface area contributed by atoms with Crippen LogP contribution in [0, 0.1) is 5.92 Å². The molecule has 90 valence electrons. The van der Waals surface area contributed by atoms with Crippen molar-refractivity contribution < 1.29 is 9.59 Å². The number of carbonyl (C=O) groups is 2. The quantitative estimate of drug-likeness (QED) is 0.833. The lowest BCUT2D eigenvalue weighted by Crippen LogP contribution is -2.57. The van der Waals surface area contributed by atoms with Gasteiger partial charge in [-0.25, -0.2) is 4.79 Å². The first-order valence-corrected chi connectivity index (χ1v) is 5.60. The van der Waals surface area contributed by atoms with Crippen LogP contribution in [-0.2, 0) is 11.3 Å². The molecule has 1 aliphatic rings. The van der Waals surface area contributed by atoms with Crippen molar-refractivity contribution in [1.82, 2.24) is 15.2 Å². The number of aromatic nitrogens is 1. The van der Waals surface area contributed by atoms with Crippen LogP contribution in [-0.4, -0.2) is 27.9 Å². The van der Waals surface area contributed by atoms with Crippen molar-refractivity contribution in [2.45, 2.75) is 26.4 Å². The summed E-state index contributed by atoms with van der Waals surface area (Å²) in [5, 5.41) is 2.78. The van der Waals surface area contributed by atoms with Gasteiger partial charge in [0.25, 0.3) is 0 Å². The van der Waals surface area contributed by atoms with E-state index in [1.807, 2.05) is 13.8 Å². The van der Waals surface area contributed by atoms with Crippen molar-refractivity contribution in [2.24, 2.45) is 5.92 Å². The maximum absolute atomic E-state index is 12.0. The summed E-state index contributed by atoms with van der Waals surface area (Å²) in [6, 6.07) is 3.16. The second-order valence-electron chi connectivity index (χ2n) is 4.31. The molecule has 1 aromatic heterocycles. The predicted molar refractivity (Wildman–Crippen MR) is 61.9 cm³/mol. The standard InChI is InChI=1S/C12H15N3O2/c1-8-9(2)14-12(17)15(11(8)16)7-10-3-5-13-6-4-10/h3-6,8-9H,7H2,1-2H3,(H,14,17). The van der Waals surface area contributed by atoms with Crippen LogP contribution in [0.4, 0.5) is 4.79 Å². The van der Waals surface area contributed by atoms with Gasteiger partial charge < -0.3 is 5.32 Å². The van der Waals surface area contributed by atoms with Gasteiger partial charge in [-0.3, -0.25) is 14.7 Å². The Kier molecular flexibility index (Phi) is 3.08. The van der Waals surface area contributed by atoms with E-state index in [1.54, 1.807) is 24.5 Å². The normalized spacial score (nSPS) is 24.7. The van der Waals surface area contributed by atoms with Crippen LogP contribution < -0.4 is 5.32 Å². The van der Waals surface area contributed by atoms with E-state index in [0.717, 1.165) is 5.56 Å². The van der Waals surface area contributed by atoms with Gasteiger partial charge in [0.2, 0.25) is 5.91 Å². The van der Waals surface area contributed by atoms with Crippen LogP contribution in [0.25, 0.3) is 0 Å². The van der Waals surface area contributed by atoms with Crippen LogP contribution >= 0.6 is 0 Å². The highest BCUT2D eigenvalue weighted by molar-refractivity contribution is 5.98. The summed E-state index contributed by atoms with van der Waals surface area (Å²) in [6.07, 6.45) is 3.29. The fourth-order valence-corrected chi connectivity index (χ4v) is 1.78. The Labute approximate surface area is 99.8 Å². The molecule has 0 bridgehead atoms. The minimum Gasteiger partial charge on any atom is -0.334 e. The molecule has 0 saturated carbocycles. The zero-order valence-electron chi connectivity index (χ0n) is 9.88. The van der Waals surface area contributed by atoms with Gasteiger partial charge in [-0.05, 0) is 24.6 Å². The average molecular weight is 233 g/mol. The Hall–Kier alpha value is -1.91. The molecule has 0 aromatic carbocycles. The highest BCUT2D eigenvalue weighted by Gasteiger charge is 2.35. The number of nitrogens with zero attached hydrogens (tertiary/aromatic N) is 2. The number of imide groups is 1. The molecule has 0 aliphatic carbocycles. The molecule has 5 heteroatoms. The van der Waals surface area contributed by atoms with Crippen LogP contribution in [0.3, 0.4) is 0 Å². The number of urea groups is 1. The minimum atomic E-state index is -0.322. The second kappa shape index (κ2) is 4.53. The topological polar surface area (TPSA) is 62.3 Å². The molecule has 5 nitrogen and oxygen atoms in total. The van der Waals surface area contributed by atoms with Crippen molar-refractivity contribution in [3.63, 3.8) is 0 Å². The van der Waals surface area contributed by atoms with E-state index < -0.39 is 0 Å². The molecular weight excluding hydrogens is 218 g/mol. The van der Waals surface area contributed by atoms with Gasteiger partial charge in [-0.1, -0.05) is 6.92 Å². The van der Waals surface area contributed by atoms with E-state index in [-0.39, 0.29) is 23.9 Å². The Morgan fingerprint density at radius 2 is 1.94 bits per heavy atom. The third-order valence-electron chi connectivity index (χ3n) is 3.09. The van der Waals surface area contributed by atoms with Crippen LogP contribution in [0.5, 0.6) is 0 Å². The van der Waals surface area contributed by atoms with Crippen LogP contribution in [0.1, 0.15) is 19.4 Å². The SMILES string of the molecule is CC1NC(=O)N(Cc2ccncc2)C(=O)C1C. The summed E-state index contributed by atoms with van der Waals surface area (Å²) >= 11 is 0. The molecule has 2 unspecified atom stereocenters. The molecule has 17 heavy (non-hydrogen) atoms. The molecular formula is C12H15N3O2. The van der Waals surface area contributed by atoms with Crippen LogP contribution in [0.2, 0.25) is 0 Å². The number of hydrogen-bond donors (Lipinski definition) is 1. The van der Waals surface area contributed by atoms with Crippen molar-refractivity contribution in [1.29, 1.82) is 0 Å². The second-order valence-corrected chi connectivity index (χ2v) is 4.31. The van der Waals surface area contributed by atoms with Gasteiger partial charge in [0.15, 0.2) is 0 Å². The van der Waals surface area contributed by atoms with Crippen molar-refractivity contribution >= 4 is 11.9 Å². The van der Waals surface area contributed by atoms with Gasteiger partial charge in [0, 0.05) is 18.4 Å². The zero-order valence-corrected chi connectivity index (χ0v) is 9.88. The zero-order chi connectivity index (χ0) is 12.4. The first-order chi connectivity index (χ1) is 8.09. The third-order valence-corrected chi connectivity index (χ3v) is 3.09. The van der Waals surface area contributed by atoms with E-state index >= 15 is 0 Å². The van der Waals surface area contributed by atoms with Gasteiger partial charge in [0.1, 0.15) is 0 Å². The summed E-state index contributed by atoms with van der Waals surface area (Å²) in [5.41, 5.74) is 0.894. The number of carbonyl (C=O) groups excluding carboxylic acids is 2. The number of hydrogen-bond acceptors (Lipinski definition) is 3. The first kappa shape index (κ1) is 11.6. The third kappa shape index (κ3) is 2.27.